The third-order valence-corrected chi connectivity index (χ3v) is 8.16. The van der Waals surface area contributed by atoms with Crippen molar-refractivity contribution in [2.75, 3.05) is 0 Å². The van der Waals surface area contributed by atoms with Crippen molar-refractivity contribution < 1.29 is 61.1 Å². The molecule has 0 radical (unpaired) electrons. The van der Waals surface area contributed by atoms with Crippen LogP contribution in [0.3, 0.4) is 0 Å². The minimum absolute atomic E-state index is 0. The van der Waals surface area contributed by atoms with Crippen LogP contribution in [-0.2, 0) is 31.8 Å². The van der Waals surface area contributed by atoms with Gasteiger partial charge in [-0.1, -0.05) is 46.3 Å². The Bertz CT molecular complexity index is 1320. The SMILES string of the molecule is NS(=O)(=O)c1cccc(-c2ccc(CSCc3ccc(C(F)(F)P(=O)(O)O)c(Br)c3)cn2)c1.[Na+]. The number of rotatable bonds is 8. The molecule has 2 aromatic carbocycles. The van der Waals surface area contributed by atoms with E-state index in [1.807, 2.05) is 6.07 Å². The fourth-order valence-corrected chi connectivity index (χ4v) is 5.67. The van der Waals surface area contributed by atoms with Crippen LogP contribution < -0.4 is 34.7 Å². The molecule has 3 rings (SSSR count). The van der Waals surface area contributed by atoms with Crippen molar-refractivity contribution in [3.8, 4) is 11.3 Å². The van der Waals surface area contributed by atoms with Crippen LogP contribution in [0.5, 0.6) is 0 Å². The van der Waals surface area contributed by atoms with Crippen LogP contribution in [0.1, 0.15) is 16.7 Å². The summed E-state index contributed by atoms with van der Waals surface area (Å²) in [6.45, 7) is 0. The number of hydrogen-bond acceptors (Lipinski definition) is 5. The van der Waals surface area contributed by atoms with Gasteiger partial charge in [-0.25, -0.2) is 13.6 Å². The van der Waals surface area contributed by atoms with Gasteiger partial charge in [0, 0.05) is 33.3 Å². The molecule has 3 aromatic rings. The molecule has 1 heterocycles. The van der Waals surface area contributed by atoms with Gasteiger partial charge < -0.3 is 9.79 Å². The molecule has 7 nitrogen and oxygen atoms in total. The van der Waals surface area contributed by atoms with Crippen molar-refractivity contribution in [2.24, 2.45) is 5.14 Å². The van der Waals surface area contributed by atoms with Crippen LogP contribution in [0, 0.1) is 0 Å². The van der Waals surface area contributed by atoms with Crippen LogP contribution in [0.4, 0.5) is 8.78 Å². The predicted molar refractivity (Wildman–Crippen MR) is 126 cm³/mol. The first-order valence-electron chi connectivity index (χ1n) is 9.17. The molecule has 176 valence electrons. The Morgan fingerprint density at radius 1 is 1.06 bits per heavy atom. The number of aromatic nitrogens is 1. The predicted octanol–water partition coefficient (Wildman–Crippen LogP) is 1.82. The van der Waals surface area contributed by atoms with Gasteiger partial charge in [-0.3, -0.25) is 9.55 Å². The van der Waals surface area contributed by atoms with Crippen LogP contribution in [0.25, 0.3) is 11.3 Å². The molecule has 0 spiro atoms. The zero-order valence-corrected chi connectivity index (χ0v) is 23.8. The van der Waals surface area contributed by atoms with E-state index in [0.717, 1.165) is 11.6 Å². The van der Waals surface area contributed by atoms with Crippen molar-refractivity contribution >= 4 is 45.3 Å². The Labute approximate surface area is 230 Å². The van der Waals surface area contributed by atoms with E-state index in [9.17, 15) is 21.8 Å². The maximum atomic E-state index is 13.9. The average molecular weight is 602 g/mol. The second-order valence-electron chi connectivity index (χ2n) is 7.02. The Hall–Kier alpha value is -0.660. The quantitative estimate of drug-likeness (QED) is 0.265. The molecule has 0 fully saturated rings. The van der Waals surface area contributed by atoms with Crippen LogP contribution in [-0.4, -0.2) is 23.2 Å². The number of alkyl halides is 2. The maximum absolute atomic E-state index is 13.9. The smallest absolute Gasteiger partial charge is 0.320 e. The first-order valence-corrected chi connectivity index (χ1v) is 14.3. The van der Waals surface area contributed by atoms with Crippen molar-refractivity contribution in [1.82, 2.24) is 4.98 Å². The van der Waals surface area contributed by atoms with E-state index in [1.54, 1.807) is 24.4 Å². The van der Waals surface area contributed by atoms with Gasteiger partial charge in [0.25, 0.3) is 0 Å². The Kier molecular flexibility index (Phi) is 10.1. The van der Waals surface area contributed by atoms with Gasteiger partial charge in [0.15, 0.2) is 0 Å². The summed E-state index contributed by atoms with van der Waals surface area (Å²) in [6.07, 6.45) is 1.66. The number of primary sulfonamides is 1. The second-order valence-corrected chi connectivity index (χ2v) is 12.1. The van der Waals surface area contributed by atoms with E-state index >= 15 is 0 Å². The molecule has 4 N–H and O–H groups in total. The van der Waals surface area contributed by atoms with E-state index in [0.29, 0.717) is 28.3 Å². The van der Waals surface area contributed by atoms with E-state index in [-0.39, 0.29) is 38.9 Å². The molecule has 0 aliphatic heterocycles. The topological polar surface area (TPSA) is 131 Å². The van der Waals surface area contributed by atoms with Gasteiger partial charge in [-0.2, -0.15) is 20.5 Å². The fourth-order valence-electron chi connectivity index (χ4n) is 2.85. The van der Waals surface area contributed by atoms with Crippen molar-refractivity contribution in [1.29, 1.82) is 0 Å². The number of nitrogens with zero attached hydrogens (tertiary/aromatic N) is 1. The third kappa shape index (κ3) is 7.19. The normalized spacial score (nSPS) is 12.3. The Morgan fingerprint density at radius 2 is 1.71 bits per heavy atom. The monoisotopic (exact) mass is 601 g/mol. The number of pyridine rings is 1. The van der Waals surface area contributed by atoms with E-state index < -0.39 is 28.8 Å². The summed E-state index contributed by atoms with van der Waals surface area (Å²) in [7, 11) is -9.46. The summed E-state index contributed by atoms with van der Waals surface area (Å²) >= 11 is 4.47. The van der Waals surface area contributed by atoms with Gasteiger partial charge in [-0.15, -0.1) is 0 Å². The molecular weight excluding hydrogens is 584 g/mol. The second kappa shape index (κ2) is 11.6. The maximum Gasteiger partial charge on any atom is 1.00 e. The van der Waals surface area contributed by atoms with E-state index in [1.165, 1.54) is 36.0 Å². The molecule has 0 unspecified atom stereocenters. The number of nitrogens with two attached hydrogens (primary N) is 1. The number of halogens is 3. The molecule has 0 bridgehead atoms. The number of hydrogen-bond donors (Lipinski definition) is 3. The first-order chi connectivity index (χ1) is 15.3. The molecule has 0 saturated heterocycles. The van der Waals surface area contributed by atoms with Crippen molar-refractivity contribution in [3.05, 3.63) is 82.0 Å². The zero-order chi connectivity index (χ0) is 24.4. The summed E-state index contributed by atoms with van der Waals surface area (Å²) in [6, 6.07) is 13.6. The van der Waals surface area contributed by atoms with E-state index in [2.05, 4.69) is 20.9 Å². The Morgan fingerprint density at radius 3 is 2.26 bits per heavy atom. The van der Waals surface area contributed by atoms with Gasteiger partial charge >= 0.3 is 42.8 Å². The van der Waals surface area contributed by atoms with Crippen molar-refractivity contribution in [2.45, 2.75) is 22.1 Å². The number of sulfonamides is 1. The van der Waals surface area contributed by atoms with Gasteiger partial charge in [0.05, 0.1) is 10.6 Å². The van der Waals surface area contributed by atoms with Gasteiger partial charge in [0.1, 0.15) is 0 Å². The minimum atomic E-state index is -5.64. The third-order valence-electron chi connectivity index (χ3n) is 4.54. The molecule has 1 aromatic heterocycles. The van der Waals surface area contributed by atoms with Gasteiger partial charge in [-0.05, 0) is 35.4 Å². The first kappa shape index (κ1) is 29.6. The molecule has 0 aliphatic rings. The molecule has 0 atom stereocenters. The van der Waals surface area contributed by atoms with Gasteiger partial charge in [0.2, 0.25) is 10.0 Å². The molecule has 0 amide bonds. The summed E-state index contributed by atoms with van der Waals surface area (Å²) in [5.74, 6) is 1.04. The number of thioether (sulfide) groups is 1. The molecule has 34 heavy (non-hydrogen) atoms. The molecule has 14 heteroatoms. The summed E-state index contributed by atoms with van der Waals surface area (Å²) < 4.78 is 61.9. The summed E-state index contributed by atoms with van der Waals surface area (Å²) in [5, 5.41) is 5.16. The molecule has 0 saturated carbocycles. The Balaban J connectivity index is 0.00000408. The summed E-state index contributed by atoms with van der Waals surface area (Å²) in [5.41, 5.74) is -2.26. The minimum Gasteiger partial charge on any atom is -0.320 e. The number of benzene rings is 2. The molecule has 0 aliphatic carbocycles. The summed E-state index contributed by atoms with van der Waals surface area (Å²) in [4.78, 5) is 22.2. The standard InChI is InChI=1S/C20H18BrF2N2O5PS2.Na/c21-18-8-13(4-6-17(18)20(22,23)31(26,27)28)11-32-12-14-5-7-19(25-10-14)15-2-1-3-16(9-15)33(24,29)30;/h1-10H,11-12H2,(H2,24,29,30)(H2,26,27,28);/q;+1. The zero-order valence-electron chi connectivity index (χ0n) is 17.7. The van der Waals surface area contributed by atoms with Crippen LogP contribution in [0.2, 0.25) is 0 Å². The average Bonchev–Trinajstić information content (AvgIpc) is 2.73. The van der Waals surface area contributed by atoms with Crippen molar-refractivity contribution in [3.63, 3.8) is 0 Å². The van der Waals surface area contributed by atoms with Crippen LogP contribution >= 0.6 is 35.3 Å². The van der Waals surface area contributed by atoms with E-state index in [4.69, 9.17) is 14.9 Å². The largest absolute Gasteiger partial charge is 1.00 e. The molecular formula is C20H18BrF2N2NaO5PS2+. The fraction of sp³-hybridized carbons (Fsp3) is 0.150. The van der Waals surface area contributed by atoms with Crippen LogP contribution in [0.15, 0.2) is 70.2 Å².